The van der Waals surface area contributed by atoms with Crippen molar-refractivity contribution in [1.29, 1.82) is 0 Å². The fourth-order valence-corrected chi connectivity index (χ4v) is 1.59. The van der Waals surface area contributed by atoms with Crippen molar-refractivity contribution < 1.29 is 17.9 Å². The highest BCUT2D eigenvalue weighted by Gasteiger charge is 2.32. The molecule has 1 heterocycles. The smallest absolute Gasteiger partial charge is 0.404 e. The summed E-state index contributed by atoms with van der Waals surface area (Å²) in [6.07, 6.45) is -1.46. The van der Waals surface area contributed by atoms with Crippen molar-refractivity contribution in [3.63, 3.8) is 0 Å². The van der Waals surface area contributed by atoms with Gasteiger partial charge < -0.3 is 4.74 Å². The summed E-state index contributed by atoms with van der Waals surface area (Å²) in [5.74, 6) is -0.408. The van der Waals surface area contributed by atoms with Gasteiger partial charge in [-0.2, -0.15) is 5.10 Å². The molecule has 2 aromatic rings. The maximum Gasteiger partial charge on any atom is 0.573 e. The van der Waals surface area contributed by atoms with Crippen molar-refractivity contribution in [3.8, 4) is 5.75 Å². The predicted molar refractivity (Wildman–Crippen MR) is 59.5 cm³/mol. The van der Waals surface area contributed by atoms with Crippen LogP contribution in [0.15, 0.2) is 36.7 Å². The Morgan fingerprint density at radius 1 is 1.33 bits per heavy atom. The highest BCUT2D eigenvalue weighted by molar-refractivity contribution is 6.32. The van der Waals surface area contributed by atoms with Crippen LogP contribution in [-0.4, -0.2) is 16.1 Å². The van der Waals surface area contributed by atoms with Gasteiger partial charge in [0.15, 0.2) is 0 Å². The first-order valence-corrected chi connectivity index (χ1v) is 5.33. The van der Waals surface area contributed by atoms with Crippen molar-refractivity contribution >= 4 is 11.6 Å². The number of halogens is 4. The van der Waals surface area contributed by atoms with Gasteiger partial charge in [0, 0.05) is 12.4 Å². The van der Waals surface area contributed by atoms with E-state index in [1.165, 1.54) is 12.1 Å². The molecule has 1 aromatic carbocycles. The number of aromatic nitrogens is 2. The zero-order valence-electron chi connectivity index (χ0n) is 8.99. The zero-order chi connectivity index (χ0) is 13.2. The SMILES string of the molecule is FC(F)(F)Oc1cc(Cn2cccn2)ccc1Cl. The maximum absolute atomic E-state index is 12.1. The van der Waals surface area contributed by atoms with Crippen molar-refractivity contribution in [2.75, 3.05) is 0 Å². The van der Waals surface area contributed by atoms with E-state index in [1.54, 1.807) is 29.2 Å². The topological polar surface area (TPSA) is 27.1 Å². The molecule has 0 bridgehead atoms. The quantitative estimate of drug-likeness (QED) is 0.858. The molecule has 0 aliphatic rings. The Hall–Kier alpha value is -1.69. The Bertz CT molecular complexity index is 526. The first-order valence-electron chi connectivity index (χ1n) is 4.96. The molecule has 0 atom stereocenters. The molecule has 3 nitrogen and oxygen atoms in total. The van der Waals surface area contributed by atoms with Crippen molar-refractivity contribution in [1.82, 2.24) is 9.78 Å². The van der Waals surface area contributed by atoms with Crippen LogP contribution >= 0.6 is 11.6 Å². The molecule has 0 N–H and O–H groups in total. The maximum atomic E-state index is 12.1. The normalized spacial score (nSPS) is 11.6. The first kappa shape index (κ1) is 12.8. The second-order valence-corrected chi connectivity index (χ2v) is 3.92. The highest BCUT2D eigenvalue weighted by Crippen LogP contribution is 2.31. The Kier molecular flexibility index (Phi) is 3.47. The van der Waals surface area contributed by atoms with Gasteiger partial charge in [-0.1, -0.05) is 17.7 Å². The van der Waals surface area contributed by atoms with E-state index < -0.39 is 12.1 Å². The van der Waals surface area contributed by atoms with Gasteiger partial charge in [-0.15, -0.1) is 13.2 Å². The summed E-state index contributed by atoms with van der Waals surface area (Å²) in [5.41, 5.74) is 0.613. The van der Waals surface area contributed by atoms with Crippen molar-refractivity contribution in [2.45, 2.75) is 12.9 Å². The summed E-state index contributed by atoms with van der Waals surface area (Å²) in [4.78, 5) is 0. The van der Waals surface area contributed by atoms with Crippen molar-refractivity contribution in [2.24, 2.45) is 0 Å². The van der Waals surface area contributed by atoms with Gasteiger partial charge in [0.2, 0.25) is 0 Å². The summed E-state index contributed by atoms with van der Waals surface area (Å²) in [5, 5.41) is 3.87. The molecule has 7 heteroatoms. The van der Waals surface area contributed by atoms with Crippen LogP contribution in [-0.2, 0) is 6.54 Å². The number of hydrogen-bond donors (Lipinski definition) is 0. The fraction of sp³-hybridized carbons (Fsp3) is 0.182. The average molecular weight is 277 g/mol. The number of benzene rings is 1. The third-order valence-corrected chi connectivity index (χ3v) is 2.44. The summed E-state index contributed by atoms with van der Waals surface area (Å²) in [6.45, 7) is 0.346. The van der Waals surface area contributed by atoms with Gasteiger partial charge in [0.05, 0.1) is 11.6 Å². The molecule has 0 fully saturated rings. The van der Waals surface area contributed by atoms with Crippen LogP contribution in [0.2, 0.25) is 5.02 Å². The van der Waals surface area contributed by atoms with Crippen LogP contribution in [0, 0.1) is 0 Å². The third-order valence-electron chi connectivity index (χ3n) is 2.13. The van der Waals surface area contributed by atoms with Gasteiger partial charge in [0.1, 0.15) is 5.75 Å². The summed E-state index contributed by atoms with van der Waals surface area (Å²) < 4.78 is 41.8. The van der Waals surface area contributed by atoms with E-state index >= 15 is 0 Å². The van der Waals surface area contributed by atoms with E-state index in [-0.39, 0.29) is 5.02 Å². The van der Waals surface area contributed by atoms with Gasteiger partial charge in [-0.25, -0.2) is 0 Å². The molecule has 0 unspecified atom stereocenters. The Morgan fingerprint density at radius 2 is 2.11 bits per heavy atom. The molecule has 0 amide bonds. The van der Waals surface area contributed by atoms with Gasteiger partial charge in [-0.05, 0) is 23.8 Å². The number of ether oxygens (including phenoxy) is 1. The van der Waals surface area contributed by atoms with E-state index in [2.05, 4.69) is 9.84 Å². The average Bonchev–Trinajstić information content (AvgIpc) is 2.74. The standard InChI is InChI=1S/C11H8ClF3N2O/c12-9-3-2-8(7-17-5-1-4-16-17)6-10(9)18-11(13,14)15/h1-6H,7H2. The number of alkyl halides is 3. The lowest BCUT2D eigenvalue weighted by Crippen LogP contribution is -2.17. The van der Waals surface area contributed by atoms with Gasteiger partial charge >= 0.3 is 6.36 Å². The van der Waals surface area contributed by atoms with E-state index in [0.29, 0.717) is 12.1 Å². The summed E-state index contributed by atoms with van der Waals surface area (Å²) in [7, 11) is 0. The second kappa shape index (κ2) is 4.89. The van der Waals surface area contributed by atoms with Crippen molar-refractivity contribution in [3.05, 3.63) is 47.2 Å². The van der Waals surface area contributed by atoms with Crippen LogP contribution in [0.5, 0.6) is 5.75 Å². The van der Waals surface area contributed by atoms with E-state index in [4.69, 9.17) is 11.6 Å². The molecule has 0 saturated heterocycles. The van der Waals surface area contributed by atoms with Crippen LogP contribution in [0.1, 0.15) is 5.56 Å². The van der Waals surface area contributed by atoms with Crippen LogP contribution in [0.4, 0.5) is 13.2 Å². The minimum absolute atomic E-state index is 0.0865. The molecule has 2 rings (SSSR count). The predicted octanol–water partition coefficient (Wildman–Crippen LogP) is 3.48. The molecule has 96 valence electrons. The fourth-order valence-electron chi connectivity index (χ4n) is 1.43. The van der Waals surface area contributed by atoms with Crippen LogP contribution in [0.3, 0.4) is 0 Å². The molecule has 0 saturated carbocycles. The lowest BCUT2D eigenvalue weighted by molar-refractivity contribution is -0.274. The van der Waals surface area contributed by atoms with Crippen LogP contribution in [0.25, 0.3) is 0 Å². The molecule has 0 radical (unpaired) electrons. The minimum Gasteiger partial charge on any atom is -0.404 e. The molecular weight excluding hydrogens is 269 g/mol. The highest BCUT2D eigenvalue weighted by atomic mass is 35.5. The molecule has 0 aliphatic carbocycles. The Morgan fingerprint density at radius 3 is 2.72 bits per heavy atom. The second-order valence-electron chi connectivity index (χ2n) is 3.52. The summed E-state index contributed by atoms with van der Waals surface area (Å²) >= 11 is 5.64. The Labute approximate surface area is 106 Å². The van der Waals surface area contributed by atoms with E-state index in [0.717, 1.165) is 0 Å². The molecular formula is C11H8ClF3N2O. The first-order chi connectivity index (χ1) is 8.44. The lowest BCUT2D eigenvalue weighted by Gasteiger charge is -2.11. The van der Waals surface area contributed by atoms with Gasteiger partial charge in [-0.3, -0.25) is 4.68 Å². The molecule has 1 aromatic heterocycles. The number of hydrogen-bond acceptors (Lipinski definition) is 2. The Balaban J connectivity index is 2.21. The van der Waals surface area contributed by atoms with Crippen LogP contribution < -0.4 is 4.74 Å². The molecule has 0 spiro atoms. The largest absolute Gasteiger partial charge is 0.573 e. The number of nitrogens with zero attached hydrogens (tertiary/aromatic N) is 2. The summed E-state index contributed by atoms with van der Waals surface area (Å²) in [6, 6.07) is 5.95. The van der Waals surface area contributed by atoms with E-state index in [9.17, 15) is 13.2 Å². The van der Waals surface area contributed by atoms with Gasteiger partial charge in [0.25, 0.3) is 0 Å². The third kappa shape index (κ3) is 3.40. The lowest BCUT2D eigenvalue weighted by atomic mass is 10.2. The monoisotopic (exact) mass is 276 g/mol. The molecule has 18 heavy (non-hydrogen) atoms. The zero-order valence-corrected chi connectivity index (χ0v) is 9.74. The van der Waals surface area contributed by atoms with E-state index in [1.807, 2.05) is 0 Å². The molecule has 0 aliphatic heterocycles. The number of rotatable bonds is 3. The minimum atomic E-state index is -4.76.